The summed E-state index contributed by atoms with van der Waals surface area (Å²) >= 11 is 6.79. The highest BCUT2D eigenvalue weighted by Gasteiger charge is 2.42. The Bertz CT molecular complexity index is 1140. The largest absolute Gasteiger partial charge is 0.468 e. The smallest absolute Gasteiger partial charge is 0.422 e. The number of guanidine groups is 1. The number of nitrogens with zero attached hydrogens (tertiary/aromatic N) is 3. The summed E-state index contributed by atoms with van der Waals surface area (Å²) in [7, 11) is 0. The van der Waals surface area contributed by atoms with Crippen molar-refractivity contribution < 1.29 is 27.4 Å². The minimum atomic E-state index is -4.43. The Morgan fingerprint density at radius 3 is 2.72 bits per heavy atom. The number of aromatic nitrogens is 1. The molecule has 194 valence electrons. The second-order valence-electron chi connectivity index (χ2n) is 9.41. The van der Waals surface area contributed by atoms with Crippen molar-refractivity contribution >= 4 is 23.5 Å². The van der Waals surface area contributed by atoms with E-state index in [0.717, 1.165) is 11.1 Å². The maximum absolute atomic E-state index is 13.2. The molecule has 1 saturated heterocycles. The number of carbonyl (C=O) groups is 1. The Morgan fingerprint density at radius 1 is 1.31 bits per heavy atom. The fourth-order valence-electron chi connectivity index (χ4n) is 4.72. The molecular weight excluding hydrogens is 497 g/mol. The molecule has 1 aromatic carbocycles. The van der Waals surface area contributed by atoms with Gasteiger partial charge in [-0.05, 0) is 43.4 Å². The summed E-state index contributed by atoms with van der Waals surface area (Å²) in [5.74, 6) is -0.0466. The minimum absolute atomic E-state index is 0.0449. The highest BCUT2D eigenvalue weighted by Crippen LogP contribution is 2.40. The van der Waals surface area contributed by atoms with Gasteiger partial charge in [-0.2, -0.15) is 13.2 Å². The molecule has 0 aliphatic carbocycles. The summed E-state index contributed by atoms with van der Waals surface area (Å²) in [6, 6.07) is 8.48. The minimum Gasteiger partial charge on any atom is -0.468 e. The number of ether oxygens (including phenoxy) is 2. The molecule has 2 aliphatic heterocycles. The highest BCUT2D eigenvalue weighted by molar-refractivity contribution is 6.32. The zero-order valence-corrected chi connectivity index (χ0v) is 20.8. The Balaban J connectivity index is 1.53. The maximum Gasteiger partial charge on any atom is 0.422 e. The third-order valence-electron chi connectivity index (χ3n) is 6.43. The number of nitrogens with two attached hydrogens (primary N) is 1. The van der Waals surface area contributed by atoms with Gasteiger partial charge in [0.15, 0.2) is 12.6 Å². The summed E-state index contributed by atoms with van der Waals surface area (Å²) in [4.78, 5) is 23.5. The summed E-state index contributed by atoms with van der Waals surface area (Å²) in [6.45, 7) is 2.97. The van der Waals surface area contributed by atoms with Gasteiger partial charge in [0.2, 0.25) is 11.8 Å². The second-order valence-corrected chi connectivity index (χ2v) is 9.79. The molecule has 4 rings (SSSR count). The Hall–Kier alpha value is -2.85. The van der Waals surface area contributed by atoms with Gasteiger partial charge in [-0.3, -0.25) is 9.69 Å². The van der Waals surface area contributed by atoms with E-state index in [1.807, 2.05) is 32.0 Å². The molecule has 2 aromatic rings. The van der Waals surface area contributed by atoms with E-state index in [2.05, 4.69) is 9.72 Å². The third kappa shape index (κ3) is 5.92. The van der Waals surface area contributed by atoms with Crippen LogP contribution in [0.2, 0.25) is 5.02 Å². The zero-order valence-electron chi connectivity index (χ0n) is 20.0. The number of carbonyl (C=O) groups excluding carboxylic acids is 1. The van der Waals surface area contributed by atoms with Crippen LogP contribution in [-0.4, -0.2) is 53.3 Å². The summed E-state index contributed by atoms with van der Waals surface area (Å²) in [5.41, 5.74) is 7.56. The molecule has 1 fully saturated rings. The lowest BCUT2D eigenvalue weighted by atomic mass is 9.85. The molecule has 3 atom stereocenters. The lowest BCUT2D eigenvalue weighted by Gasteiger charge is -2.41. The number of rotatable bonds is 6. The highest BCUT2D eigenvalue weighted by atomic mass is 35.5. The molecule has 2 N–H and O–H groups in total. The molecule has 1 amide bonds. The summed E-state index contributed by atoms with van der Waals surface area (Å²) in [6.07, 6.45) is -1.04. The molecule has 0 unspecified atom stereocenters. The first-order valence-corrected chi connectivity index (χ1v) is 12.0. The van der Waals surface area contributed by atoms with Crippen LogP contribution in [0.1, 0.15) is 49.8 Å². The van der Waals surface area contributed by atoms with Crippen LogP contribution in [0.3, 0.4) is 0 Å². The van der Waals surface area contributed by atoms with Gasteiger partial charge in [0.1, 0.15) is 0 Å². The van der Waals surface area contributed by atoms with Gasteiger partial charge in [0.25, 0.3) is 0 Å². The van der Waals surface area contributed by atoms with E-state index in [4.69, 9.17) is 27.1 Å². The predicted molar refractivity (Wildman–Crippen MR) is 129 cm³/mol. The number of alkyl halides is 3. The SMILES string of the molecule is C[C@@H]1C[C@H](N2C(=O)C[C@@](C)(c3cccc(Cc4ccc(OCC(F)(F)F)nc4)c3Cl)N=C2N)CCO1. The van der Waals surface area contributed by atoms with Gasteiger partial charge in [-0.1, -0.05) is 35.9 Å². The van der Waals surface area contributed by atoms with Gasteiger partial charge in [0, 0.05) is 36.4 Å². The van der Waals surface area contributed by atoms with Crippen molar-refractivity contribution in [3.8, 4) is 5.88 Å². The zero-order chi connectivity index (χ0) is 26.1. The van der Waals surface area contributed by atoms with Crippen molar-refractivity contribution in [2.24, 2.45) is 10.7 Å². The maximum atomic E-state index is 13.2. The Kier molecular flexibility index (Phi) is 7.47. The molecule has 1 aromatic heterocycles. The number of pyridine rings is 1. The van der Waals surface area contributed by atoms with Crippen LogP contribution < -0.4 is 10.5 Å². The van der Waals surface area contributed by atoms with Crippen molar-refractivity contribution in [3.05, 3.63) is 58.2 Å². The van der Waals surface area contributed by atoms with E-state index in [1.54, 1.807) is 11.0 Å². The first kappa shape index (κ1) is 26.2. The molecular formula is C25H28ClF3N4O3. The van der Waals surface area contributed by atoms with Gasteiger partial charge in [-0.25, -0.2) is 9.98 Å². The third-order valence-corrected chi connectivity index (χ3v) is 6.88. The Morgan fingerprint density at radius 2 is 2.08 bits per heavy atom. The van der Waals surface area contributed by atoms with Crippen molar-refractivity contribution in [2.75, 3.05) is 13.2 Å². The average molecular weight is 525 g/mol. The van der Waals surface area contributed by atoms with Crippen molar-refractivity contribution in [3.63, 3.8) is 0 Å². The van der Waals surface area contributed by atoms with Crippen LogP contribution in [0.25, 0.3) is 0 Å². The van der Waals surface area contributed by atoms with Crippen LogP contribution in [0.4, 0.5) is 13.2 Å². The lowest BCUT2D eigenvalue weighted by molar-refractivity contribution is -0.154. The van der Waals surface area contributed by atoms with Gasteiger partial charge in [-0.15, -0.1) is 0 Å². The van der Waals surface area contributed by atoms with E-state index in [9.17, 15) is 18.0 Å². The van der Waals surface area contributed by atoms with Crippen molar-refractivity contribution in [1.29, 1.82) is 0 Å². The van der Waals surface area contributed by atoms with E-state index in [-0.39, 0.29) is 36.3 Å². The normalized spacial score (nSPS) is 25.0. The number of benzene rings is 1. The number of halogens is 4. The van der Waals surface area contributed by atoms with Crippen LogP contribution in [-0.2, 0) is 21.5 Å². The number of hydrogen-bond acceptors (Lipinski definition) is 6. The Labute approximate surface area is 212 Å². The molecule has 0 spiro atoms. The van der Waals surface area contributed by atoms with Gasteiger partial charge >= 0.3 is 6.18 Å². The predicted octanol–water partition coefficient (Wildman–Crippen LogP) is 4.60. The number of hydrogen-bond donors (Lipinski definition) is 1. The monoisotopic (exact) mass is 524 g/mol. The molecule has 36 heavy (non-hydrogen) atoms. The molecule has 0 radical (unpaired) electrons. The van der Waals surface area contributed by atoms with Crippen LogP contribution >= 0.6 is 11.6 Å². The quantitative estimate of drug-likeness (QED) is 0.596. The van der Waals surface area contributed by atoms with Crippen LogP contribution in [0, 0.1) is 0 Å². The fourth-order valence-corrected chi connectivity index (χ4v) is 5.11. The van der Waals surface area contributed by atoms with Crippen LogP contribution in [0.15, 0.2) is 41.5 Å². The number of aliphatic imine (C=N–C) groups is 1. The van der Waals surface area contributed by atoms with E-state index >= 15 is 0 Å². The molecule has 11 heteroatoms. The first-order valence-electron chi connectivity index (χ1n) is 11.7. The van der Waals surface area contributed by atoms with E-state index in [1.165, 1.54) is 12.3 Å². The summed E-state index contributed by atoms with van der Waals surface area (Å²) in [5, 5.41) is 0.454. The van der Waals surface area contributed by atoms with Crippen LogP contribution in [0.5, 0.6) is 5.88 Å². The topological polar surface area (TPSA) is 90.0 Å². The van der Waals surface area contributed by atoms with E-state index < -0.39 is 18.3 Å². The second kappa shape index (κ2) is 10.3. The van der Waals surface area contributed by atoms with Crippen molar-refractivity contribution in [1.82, 2.24) is 9.88 Å². The molecule has 3 heterocycles. The number of amides is 1. The average Bonchev–Trinajstić information content (AvgIpc) is 2.79. The standard InChI is InChI=1S/C25H28ClF3N4O3/c1-15-10-18(8-9-35-15)33-21(34)12-24(2,32-23(33)30)19-5-3-4-17(22(19)26)11-16-6-7-20(31-13-16)36-14-25(27,28)29/h3-7,13,15,18H,8-12,14H2,1-2H3,(H2,30,32)/t15-,18-,24+/m1/s1. The molecule has 0 saturated carbocycles. The van der Waals surface area contributed by atoms with Gasteiger partial charge < -0.3 is 15.2 Å². The fraction of sp³-hybridized carbons (Fsp3) is 0.480. The van der Waals surface area contributed by atoms with Crippen molar-refractivity contribution in [2.45, 2.75) is 63.4 Å². The summed E-state index contributed by atoms with van der Waals surface area (Å²) < 4.78 is 47.3. The lowest BCUT2D eigenvalue weighted by Crippen LogP contribution is -2.56. The molecule has 0 bridgehead atoms. The molecule has 2 aliphatic rings. The molecule has 7 nitrogen and oxygen atoms in total. The van der Waals surface area contributed by atoms with E-state index in [0.29, 0.717) is 36.5 Å². The first-order chi connectivity index (χ1) is 16.9. The van der Waals surface area contributed by atoms with Gasteiger partial charge in [0.05, 0.1) is 18.1 Å².